The van der Waals surface area contributed by atoms with Crippen molar-refractivity contribution in [2.75, 3.05) is 34.4 Å². The number of hydrogen-bond acceptors (Lipinski definition) is 6. The number of ether oxygens (including phenoxy) is 3. The van der Waals surface area contributed by atoms with Crippen molar-refractivity contribution in [3.05, 3.63) is 95.1 Å². The molecule has 0 heterocycles. The zero-order valence-electron chi connectivity index (χ0n) is 20.3. The van der Waals surface area contributed by atoms with Gasteiger partial charge < -0.3 is 24.2 Å². The van der Waals surface area contributed by atoms with Gasteiger partial charge in [0.1, 0.15) is 24.2 Å². The number of hydrogen-bond donors (Lipinski definition) is 1. The number of rotatable bonds is 12. The lowest BCUT2D eigenvalue weighted by Crippen LogP contribution is -2.35. The summed E-state index contributed by atoms with van der Waals surface area (Å²) >= 11 is 0. The number of carbonyl (C=O) groups is 2. The third kappa shape index (κ3) is 7.86. The second kappa shape index (κ2) is 12.6. The van der Waals surface area contributed by atoms with Gasteiger partial charge in [0, 0.05) is 6.54 Å². The molecule has 0 amide bonds. The van der Waals surface area contributed by atoms with E-state index in [2.05, 4.69) is 0 Å². The molecular weight excluding hydrogens is 446 g/mol. The van der Waals surface area contributed by atoms with Crippen molar-refractivity contribution >= 4 is 11.9 Å². The van der Waals surface area contributed by atoms with E-state index in [9.17, 15) is 14.7 Å². The number of aromatic carboxylic acids is 1. The molecule has 0 aromatic heterocycles. The highest BCUT2D eigenvalue weighted by Gasteiger charge is 2.19. The Balaban J connectivity index is 1.65. The van der Waals surface area contributed by atoms with E-state index in [0.717, 1.165) is 29.9 Å². The molecule has 0 aliphatic rings. The second-order valence-corrected chi connectivity index (χ2v) is 8.44. The Hall–Kier alpha value is -3.84. The number of esters is 1. The zero-order chi connectivity index (χ0) is 25.2. The Morgan fingerprint density at radius 3 is 2.31 bits per heavy atom. The van der Waals surface area contributed by atoms with E-state index in [4.69, 9.17) is 14.2 Å². The van der Waals surface area contributed by atoms with Crippen molar-refractivity contribution in [1.82, 2.24) is 4.90 Å². The molecule has 0 aliphatic heterocycles. The molecule has 1 N–H and O–H groups in total. The highest BCUT2D eigenvalue weighted by atomic mass is 16.6. The van der Waals surface area contributed by atoms with Gasteiger partial charge in [-0.05, 0) is 74.5 Å². The quantitative estimate of drug-likeness (QED) is 0.388. The summed E-state index contributed by atoms with van der Waals surface area (Å²) in [6.07, 6.45) is 1.10. The highest BCUT2D eigenvalue weighted by Crippen LogP contribution is 2.22. The van der Waals surface area contributed by atoms with Crippen LogP contribution in [0.25, 0.3) is 0 Å². The molecule has 0 radical (unpaired) electrons. The van der Waals surface area contributed by atoms with E-state index in [1.54, 1.807) is 7.11 Å². The SMILES string of the molecule is COc1ccc(CCc2ccccc2OCC(CN(C)C)OC(=O)c2cccc(C(=O)O)c2)cc1. The van der Waals surface area contributed by atoms with E-state index in [1.807, 2.05) is 67.5 Å². The lowest BCUT2D eigenvalue weighted by molar-refractivity contribution is 0.0103. The highest BCUT2D eigenvalue weighted by molar-refractivity contribution is 5.94. The van der Waals surface area contributed by atoms with E-state index in [1.165, 1.54) is 29.8 Å². The largest absolute Gasteiger partial charge is 0.497 e. The van der Waals surface area contributed by atoms with Crippen LogP contribution in [0.3, 0.4) is 0 Å². The van der Waals surface area contributed by atoms with Gasteiger partial charge in [-0.15, -0.1) is 0 Å². The molecule has 0 spiro atoms. The first-order valence-corrected chi connectivity index (χ1v) is 11.4. The van der Waals surface area contributed by atoms with Crippen LogP contribution < -0.4 is 9.47 Å². The number of likely N-dealkylation sites (N-methyl/N-ethyl adjacent to an activating group) is 1. The van der Waals surface area contributed by atoms with Crippen LogP contribution in [-0.2, 0) is 17.6 Å². The van der Waals surface area contributed by atoms with E-state index in [-0.39, 0.29) is 17.7 Å². The summed E-state index contributed by atoms with van der Waals surface area (Å²) in [6, 6.07) is 21.6. The number of methoxy groups -OCH3 is 1. The molecule has 0 fully saturated rings. The van der Waals surface area contributed by atoms with Crippen molar-refractivity contribution in [1.29, 1.82) is 0 Å². The maximum Gasteiger partial charge on any atom is 0.338 e. The third-order valence-electron chi connectivity index (χ3n) is 5.43. The molecule has 1 unspecified atom stereocenters. The molecule has 0 aliphatic carbocycles. The van der Waals surface area contributed by atoms with Gasteiger partial charge in [0.25, 0.3) is 0 Å². The molecule has 0 saturated heterocycles. The van der Waals surface area contributed by atoms with Crippen LogP contribution in [0.2, 0.25) is 0 Å². The molecule has 0 saturated carbocycles. The molecule has 1 atom stereocenters. The van der Waals surface area contributed by atoms with Crippen LogP contribution >= 0.6 is 0 Å². The fraction of sp³-hybridized carbons (Fsp3) is 0.286. The van der Waals surface area contributed by atoms with Gasteiger partial charge in [-0.1, -0.05) is 36.4 Å². The van der Waals surface area contributed by atoms with Crippen molar-refractivity contribution in [2.24, 2.45) is 0 Å². The summed E-state index contributed by atoms with van der Waals surface area (Å²) in [5, 5.41) is 9.18. The molecule has 184 valence electrons. The number of para-hydroxylation sites is 1. The Bertz CT molecular complexity index is 1130. The van der Waals surface area contributed by atoms with Crippen LogP contribution in [0.15, 0.2) is 72.8 Å². The molecule has 7 nitrogen and oxygen atoms in total. The first kappa shape index (κ1) is 25.8. The maximum absolute atomic E-state index is 12.7. The van der Waals surface area contributed by atoms with Crippen LogP contribution in [0, 0.1) is 0 Å². The minimum absolute atomic E-state index is 0.0330. The minimum atomic E-state index is -1.10. The number of benzene rings is 3. The molecule has 3 aromatic carbocycles. The predicted octanol–water partition coefficient (Wildman–Crippen LogP) is 4.34. The Labute approximate surface area is 205 Å². The molecular formula is C28H31NO6. The minimum Gasteiger partial charge on any atom is -0.497 e. The van der Waals surface area contributed by atoms with E-state index in [0.29, 0.717) is 6.54 Å². The number of nitrogens with zero attached hydrogens (tertiary/aromatic N) is 1. The first-order chi connectivity index (χ1) is 16.9. The van der Waals surface area contributed by atoms with Gasteiger partial charge in [-0.2, -0.15) is 0 Å². The number of carboxylic acids is 1. The van der Waals surface area contributed by atoms with Gasteiger partial charge in [-0.3, -0.25) is 0 Å². The molecule has 3 aromatic rings. The van der Waals surface area contributed by atoms with Gasteiger partial charge in [0.2, 0.25) is 0 Å². The Morgan fingerprint density at radius 1 is 0.914 bits per heavy atom. The average molecular weight is 478 g/mol. The Kier molecular flexibility index (Phi) is 9.26. The average Bonchev–Trinajstić information content (AvgIpc) is 2.86. The fourth-order valence-electron chi connectivity index (χ4n) is 3.63. The summed E-state index contributed by atoms with van der Waals surface area (Å²) in [5.41, 5.74) is 2.48. The predicted molar refractivity (Wildman–Crippen MR) is 133 cm³/mol. The second-order valence-electron chi connectivity index (χ2n) is 8.44. The summed E-state index contributed by atoms with van der Waals surface area (Å²) in [4.78, 5) is 25.8. The maximum atomic E-state index is 12.7. The number of carboxylic acid groups (broad SMARTS) is 1. The standard InChI is InChI=1S/C28H31NO6/c1-29(2)18-25(35-28(32)23-9-6-8-22(17-23)27(30)31)19-34-26-10-5-4-7-21(26)14-11-20-12-15-24(33-3)16-13-20/h4-10,12-13,15-17,25H,11,14,18-19H2,1-3H3,(H,30,31). The van der Waals surface area contributed by atoms with Crippen LogP contribution in [0.4, 0.5) is 0 Å². The molecule has 0 bridgehead atoms. The molecule has 7 heteroatoms. The van der Waals surface area contributed by atoms with Crippen LogP contribution in [0.5, 0.6) is 11.5 Å². The van der Waals surface area contributed by atoms with Gasteiger partial charge >= 0.3 is 11.9 Å². The van der Waals surface area contributed by atoms with Gasteiger partial charge in [0.05, 0.1) is 18.2 Å². The Morgan fingerprint density at radius 2 is 1.63 bits per heavy atom. The lowest BCUT2D eigenvalue weighted by atomic mass is 10.0. The lowest BCUT2D eigenvalue weighted by Gasteiger charge is -2.22. The smallest absolute Gasteiger partial charge is 0.338 e. The third-order valence-corrected chi connectivity index (χ3v) is 5.43. The zero-order valence-corrected chi connectivity index (χ0v) is 20.3. The van der Waals surface area contributed by atoms with Crippen LogP contribution in [0.1, 0.15) is 31.8 Å². The summed E-state index contributed by atoms with van der Waals surface area (Å²) in [7, 11) is 5.42. The summed E-state index contributed by atoms with van der Waals surface area (Å²) < 4.78 is 17.0. The molecule has 35 heavy (non-hydrogen) atoms. The number of aryl methyl sites for hydroxylation is 2. The van der Waals surface area contributed by atoms with E-state index >= 15 is 0 Å². The van der Waals surface area contributed by atoms with Crippen molar-refractivity contribution in [3.8, 4) is 11.5 Å². The fourth-order valence-corrected chi connectivity index (χ4v) is 3.63. The summed E-state index contributed by atoms with van der Waals surface area (Å²) in [6.45, 7) is 0.625. The molecule has 3 rings (SSSR count). The monoisotopic (exact) mass is 477 g/mol. The summed E-state index contributed by atoms with van der Waals surface area (Å²) in [5.74, 6) is -0.113. The van der Waals surface area contributed by atoms with Crippen molar-refractivity contribution < 1.29 is 28.9 Å². The number of carbonyl (C=O) groups excluding carboxylic acids is 1. The van der Waals surface area contributed by atoms with Crippen LogP contribution in [-0.4, -0.2) is 62.4 Å². The van der Waals surface area contributed by atoms with Crippen molar-refractivity contribution in [2.45, 2.75) is 18.9 Å². The van der Waals surface area contributed by atoms with Gasteiger partial charge in [0.15, 0.2) is 0 Å². The van der Waals surface area contributed by atoms with E-state index < -0.39 is 18.0 Å². The topological polar surface area (TPSA) is 85.3 Å². The van der Waals surface area contributed by atoms with Crippen molar-refractivity contribution in [3.63, 3.8) is 0 Å². The normalized spacial score (nSPS) is 11.7. The van der Waals surface area contributed by atoms with Gasteiger partial charge in [-0.25, -0.2) is 9.59 Å². The first-order valence-electron chi connectivity index (χ1n) is 11.4.